The van der Waals surface area contributed by atoms with E-state index in [1.807, 2.05) is 0 Å². The Kier molecular flexibility index (Phi) is 2.54. The van der Waals surface area contributed by atoms with E-state index in [2.05, 4.69) is 0 Å². The van der Waals surface area contributed by atoms with Crippen molar-refractivity contribution in [3.8, 4) is 0 Å². The molecule has 1 saturated carbocycles. The minimum Gasteiger partial charge on any atom is -0.549 e. The zero-order valence-corrected chi connectivity index (χ0v) is 8.18. The molecular weight excluding hydrogens is 192 g/mol. The number of carboxylic acid groups (broad SMARTS) is 1. The third-order valence-corrected chi connectivity index (χ3v) is 2.63. The summed E-state index contributed by atoms with van der Waals surface area (Å²) in [5.74, 6) is -2.65. The van der Waals surface area contributed by atoms with Gasteiger partial charge in [-0.05, 0) is 18.4 Å². The molecule has 3 nitrogen and oxygen atoms in total. The number of rotatable bonds is 4. The Balaban J connectivity index is 2.27. The lowest BCUT2D eigenvalue weighted by Crippen LogP contribution is -2.35. The van der Waals surface area contributed by atoms with Crippen molar-refractivity contribution in [2.45, 2.75) is 18.8 Å². The van der Waals surface area contributed by atoms with Crippen LogP contribution in [-0.2, 0) is 9.59 Å². The normalized spacial score (nSPS) is 17.1. The van der Waals surface area contributed by atoms with Crippen LogP contribution in [-0.4, -0.2) is 11.8 Å². The van der Waals surface area contributed by atoms with Gasteiger partial charge in [0, 0.05) is 5.92 Å². The molecule has 0 N–H and O–H groups in total. The fourth-order valence-electron chi connectivity index (χ4n) is 1.67. The minimum absolute atomic E-state index is 0.0619. The van der Waals surface area contributed by atoms with Crippen molar-refractivity contribution >= 4 is 11.8 Å². The average Bonchev–Trinajstić information content (AvgIpc) is 3.02. The van der Waals surface area contributed by atoms with E-state index in [0.29, 0.717) is 5.56 Å². The quantitative estimate of drug-likeness (QED) is 0.669. The number of hydrogen-bond donors (Lipinski definition) is 0. The molecule has 0 saturated heterocycles. The van der Waals surface area contributed by atoms with Crippen LogP contribution in [0.25, 0.3) is 0 Å². The number of carbonyl (C=O) groups is 2. The molecule has 3 heteroatoms. The van der Waals surface area contributed by atoms with Gasteiger partial charge in [0.05, 0.1) is 11.9 Å². The highest BCUT2D eigenvalue weighted by Crippen LogP contribution is 2.35. The molecule has 0 amide bonds. The summed E-state index contributed by atoms with van der Waals surface area (Å²) in [7, 11) is 0. The number of carbonyl (C=O) groups excluding carboxylic acids is 2. The van der Waals surface area contributed by atoms with Crippen LogP contribution in [0.4, 0.5) is 0 Å². The molecule has 0 spiro atoms. The number of benzene rings is 1. The summed E-state index contributed by atoms with van der Waals surface area (Å²) in [4.78, 5) is 22.7. The topological polar surface area (TPSA) is 57.2 Å². The third kappa shape index (κ3) is 2.06. The summed E-state index contributed by atoms with van der Waals surface area (Å²) in [5, 5.41) is 10.9. The summed E-state index contributed by atoms with van der Waals surface area (Å²) in [6, 6.07) is 8.55. The van der Waals surface area contributed by atoms with Gasteiger partial charge < -0.3 is 9.90 Å². The first kappa shape index (κ1) is 9.90. The largest absolute Gasteiger partial charge is 0.549 e. The smallest absolute Gasteiger partial charge is 0.149 e. The second-order valence-electron chi connectivity index (χ2n) is 3.84. The van der Waals surface area contributed by atoms with Gasteiger partial charge in [-0.1, -0.05) is 30.3 Å². The Morgan fingerprint density at radius 3 is 2.27 bits per heavy atom. The predicted octanol–water partition coefficient (Wildman–Crippen LogP) is 0.499. The molecule has 1 aliphatic carbocycles. The second-order valence-corrected chi connectivity index (χ2v) is 3.84. The van der Waals surface area contributed by atoms with Gasteiger partial charge in [0.1, 0.15) is 5.78 Å². The van der Waals surface area contributed by atoms with E-state index in [1.165, 1.54) is 0 Å². The maximum Gasteiger partial charge on any atom is 0.149 e. The maximum absolute atomic E-state index is 11.7. The Labute approximate surface area is 87.7 Å². The van der Waals surface area contributed by atoms with Gasteiger partial charge in [-0.2, -0.15) is 0 Å². The predicted molar refractivity (Wildman–Crippen MR) is 51.9 cm³/mol. The van der Waals surface area contributed by atoms with Crippen molar-refractivity contribution in [3.05, 3.63) is 35.9 Å². The van der Waals surface area contributed by atoms with Crippen molar-refractivity contribution in [1.82, 2.24) is 0 Å². The lowest BCUT2D eigenvalue weighted by Gasteiger charge is -2.16. The highest BCUT2D eigenvalue weighted by atomic mass is 16.4. The van der Waals surface area contributed by atoms with Crippen LogP contribution >= 0.6 is 0 Å². The van der Waals surface area contributed by atoms with Crippen molar-refractivity contribution in [2.24, 2.45) is 5.92 Å². The minimum atomic E-state index is -1.29. The van der Waals surface area contributed by atoms with E-state index in [0.717, 1.165) is 12.8 Å². The number of ketones is 1. The van der Waals surface area contributed by atoms with Crippen LogP contribution in [0.15, 0.2) is 30.3 Å². The second kappa shape index (κ2) is 3.85. The van der Waals surface area contributed by atoms with Gasteiger partial charge in [0.15, 0.2) is 0 Å². The van der Waals surface area contributed by atoms with Crippen LogP contribution in [0.3, 0.4) is 0 Å². The number of aliphatic carboxylic acids is 1. The summed E-state index contributed by atoms with van der Waals surface area (Å²) in [6.45, 7) is 0. The summed E-state index contributed by atoms with van der Waals surface area (Å²) in [6.07, 6.45) is 1.63. The molecule has 0 heterocycles. The van der Waals surface area contributed by atoms with Crippen LogP contribution in [0.5, 0.6) is 0 Å². The molecule has 1 atom stereocenters. The first-order chi connectivity index (χ1) is 7.20. The Morgan fingerprint density at radius 1 is 1.20 bits per heavy atom. The molecule has 1 fully saturated rings. The van der Waals surface area contributed by atoms with Gasteiger partial charge in [0.25, 0.3) is 0 Å². The first-order valence-electron chi connectivity index (χ1n) is 4.99. The lowest BCUT2D eigenvalue weighted by atomic mass is 9.92. The molecule has 1 unspecified atom stereocenters. The van der Waals surface area contributed by atoms with E-state index in [1.54, 1.807) is 30.3 Å². The van der Waals surface area contributed by atoms with Crippen LogP contribution in [0.2, 0.25) is 0 Å². The zero-order valence-electron chi connectivity index (χ0n) is 8.18. The molecule has 78 valence electrons. The van der Waals surface area contributed by atoms with Gasteiger partial charge >= 0.3 is 0 Å². The lowest BCUT2D eigenvalue weighted by molar-refractivity contribution is -0.306. The first-order valence-corrected chi connectivity index (χ1v) is 4.99. The van der Waals surface area contributed by atoms with Crippen LogP contribution in [0, 0.1) is 5.92 Å². The van der Waals surface area contributed by atoms with Crippen molar-refractivity contribution in [3.63, 3.8) is 0 Å². The molecule has 0 aromatic heterocycles. The molecule has 0 aliphatic heterocycles. The SMILES string of the molecule is O=C([O-])C(C(=O)C1CC1)c1ccccc1. The van der Waals surface area contributed by atoms with E-state index in [9.17, 15) is 14.7 Å². The molecule has 1 aromatic carbocycles. The number of carboxylic acids is 1. The highest BCUT2D eigenvalue weighted by molar-refractivity contribution is 6.04. The van der Waals surface area contributed by atoms with E-state index < -0.39 is 11.9 Å². The van der Waals surface area contributed by atoms with Gasteiger partial charge in [-0.3, -0.25) is 4.79 Å². The molecule has 1 aliphatic rings. The van der Waals surface area contributed by atoms with Crippen LogP contribution in [0.1, 0.15) is 24.3 Å². The molecule has 1 aromatic rings. The molecular formula is C12H11O3-. The standard InChI is InChI=1S/C12H12O3/c13-11(9-6-7-9)10(12(14)15)8-4-2-1-3-5-8/h1-5,9-10H,6-7H2,(H,14,15)/p-1. The Morgan fingerprint density at radius 2 is 1.80 bits per heavy atom. The number of Topliss-reactive ketones (excluding diaryl/α,β-unsaturated/α-hetero) is 1. The number of hydrogen-bond acceptors (Lipinski definition) is 3. The van der Waals surface area contributed by atoms with Gasteiger partial charge in [-0.25, -0.2) is 0 Å². The summed E-state index contributed by atoms with van der Waals surface area (Å²) in [5.41, 5.74) is 0.523. The average molecular weight is 203 g/mol. The summed E-state index contributed by atoms with van der Waals surface area (Å²) >= 11 is 0. The van der Waals surface area contributed by atoms with Crippen molar-refractivity contribution < 1.29 is 14.7 Å². The van der Waals surface area contributed by atoms with E-state index in [4.69, 9.17) is 0 Å². The molecule has 2 rings (SSSR count). The molecule has 0 radical (unpaired) electrons. The van der Waals surface area contributed by atoms with Crippen molar-refractivity contribution in [2.75, 3.05) is 0 Å². The van der Waals surface area contributed by atoms with E-state index in [-0.39, 0.29) is 11.7 Å². The third-order valence-electron chi connectivity index (χ3n) is 2.63. The maximum atomic E-state index is 11.7. The zero-order chi connectivity index (χ0) is 10.8. The fourth-order valence-corrected chi connectivity index (χ4v) is 1.67. The van der Waals surface area contributed by atoms with E-state index >= 15 is 0 Å². The van der Waals surface area contributed by atoms with Gasteiger partial charge in [-0.15, -0.1) is 0 Å². The monoisotopic (exact) mass is 203 g/mol. The summed E-state index contributed by atoms with van der Waals surface area (Å²) < 4.78 is 0. The Bertz CT molecular complexity index is 379. The van der Waals surface area contributed by atoms with Crippen molar-refractivity contribution in [1.29, 1.82) is 0 Å². The van der Waals surface area contributed by atoms with Crippen LogP contribution < -0.4 is 5.11 Å². The van der Waals surface area contributed by atoms with Gasteiger partial charge in [0.2, 0.25) is 0 Å². The molecule has 15 heavy (non-hydrogen) atoms. The Hall–Kier alpha value is -1.64. The molecule has 0 bridgehead atoms. The fraction of sp³-hybridized carbons (Fsp3) is 0.333. The highest BCUT2D eigenvalue weighted by Gasteiger charge is 2.35.